The standard InChI is InChI=1S/C16H20N4O/c1-11(2)14-7-13(8-15(17-3)20-14)16(21)19-10-12-5-4-6-18-9-12/h4-9,11H,10H2,1-3H3,(H,17,20)(H,19,21). The maximum absolute atomic E-state index is 12.3. The lowest BCUT2D eigenvalue weighted by atomic mass is 10.1. The second-order valence-corrected chi connectivity index (χ2v) is 5.11. The van der Waals surface area contributed by atoms with Crippen LogP contribution in [0.4, 0.5) is 5.82 Å². The van der Waals surface area contributed by atoms with Crippen LogP contribution < -0.4 is 10.6 Å². The Morgan fingerprint density at radius 1 is 1.33 bits per heavy atom. The molecule has 0 fully saturated rings. The summed E-state index contributed by atoms with van der Waals surface area (Å²) >= 11 is 0. The van der Waals surface area contributed by atoms with Crippen LogP contribution in [0, 0.1) is 0 Å². The van der Waals surface area contributed by atoms with E-state index >= 15 is 0 Å². The van der Waals surface area contributed by atoms with E-state index in [0.717, 1.165) is 11.3 Å². The highest BCUT2D eigenvalue weighted by Gasteiger charge is 2.11. The van der Waals surface area contributed by atoms with E-state index < -0.39 is 0 Å². The van der Waals surface area contributed by atoms with Crippen molar-refractivity contribution in [3.8, 4) is 0 Å². The molecule has 2 N–H and O–H groups in total. The molecule has 0 aromatic carbocycles. The zero-order chi connectivity index (χ0) is 15.2. The Bertz CT molecular complexity index is 611. The molecule has 0 aliphatic rings. The molecule has 5 heteroatoms. The van der Waals surface area contributed by atoms with Crippen molar-refractivity contribution in [2.45, 2.75) is 26.3 Å². The minimum atomic E-state index is -0.111. The highest BCUT2D eigenvalue weighted by molar-refractivity contribution is 5.95. The van der Waals surface area contributed by atoms with Crippen molar-refractivity contribution in [1.29, 1.82) is 0 Å². The predicted molar refractivity (Wildman–Crippen MR) is 83.3 cm³/mol. The summed E-state index contributed by atoms with van der Waals surface area (Å²) < 4.78 is 0. The van der Waals surface area contributed by atoms with Crippen molar-refractivity contribution in [3.63, 3.8) is 0 Å². The van der Waals surface area contributed by atoms with Gasteiger partial charge in [0.15, 0.2) is 0 Å². The lowest BCUT2D eigenvalue weighted by Gasteiger charge is -2.11. The lowest BCUT2D eigenvalue weighted by molar-refractivity contribution is 0.0950. The molecule has 21 heavy (non-hydrogen) atoms. The van der Waals surface area contributed by atoms with Gasteiger partial charge in [-0.2, -0.15) is 0 Å². The van der Waals surface area contributed by atoms with Crippen LogP contribution in [0.3, 0.4) is 0 Å². The van der Waals surface area contributed by atoms with Gasteiger partial charge in [-0.1, -0.05) is 19.9 Å². The number of nitrogens with zero attached hydrogens (tertiary/aromatic N) is 2. The summed E-state index contributed by atoms with van der Waals surface area (Å²) in [5.41, 5.74) is 2.48. The van der Waals surface area contributed by atoms with E-state index in [-0.39, 0.29) is 11.8 Å². The van der Waals surface area contributed by atoms with Crippen LogP contribution in [0.25, 0.3) is 0 Å². The Labute approximate surface area is 124 Å². The van der Waals surface area contributed by atoms with Gasteiger partial charge in [0.1, 0.15) is 5.82 Å². The minimum Gasteiger partial charge on any atom is -0.373 e. The second kappa shape index (κ2) is 6.83. The molecule has 0 radical (unpaired) electrons. The first-order chi connectivity index (χ1) is 10.1. The molecule has 0 bridgehead atoms. The van der Waals surface area contributed by atoms with Gasteiger partial charge in [-0.3, -0.25) is 9.78 Å². The fourth-order valence-corrected chi connectivity index (χ4v) is 1.89. The van der Waals surface area contributed by atoms with E-state index in [1.807, 2.05) is 18.2 Å². The monoisotopic (exact) mass is 284 g/mol. The number of pyridine rings is 2. The van der Waals surface area contributed by atoms with Crippen molar-refractivity contribution in [2.24, 2.45) is 0 Å². The zero-order valence-electron chi connectivity index (χ0n) is 12.6. The first kappa shape index (κ1) is 15.0. The molecule has 2 aromatic heterocycles. The summed E-state index contributed by atoms with van der Waals surface area (Å²) in [6, 6.07) is 7.37. The van der Waals surface area contributed by atoms with Gasteiger partial charge in [0.2, 0.25) is 0 Å². The molecule has 2 aromatic rings. The average molecular weight is 284 g/mol. The summed E-state index contributed by atoms with van der Waals surface area (Å²) in [4.78, 5) is 20.8. The van der Waals surface area contributed by atoms with Crippen molar-refractivity contribution in [3.05, 3.63) is 53.5 Å². The molecule has 1 amide bonds. The third kappa shape index (κ3) is 4.02. The molecule has 110 valence electrons. The second-order valence-electron chi connectivity index (χ2n) is 5.11. The van der Waals surface area contributed by atoms with Gasteiger partial charge in [0.25, 0.3) is 5.91 Å². The molecule has 0 saturated heterocycles. The lowest BCUT2D eigenvalue weighted by Crippen LogP contribution is -2.23. The normalized spacial score (nSPS) is 10.5. The molecule has 0 atom stereocenters. The summed E-state index contributed by atoms with van der Waals surface area (Å²) in [6.07, 6.45) is 3.45. The first-order valence-electron chi connectivity index (χ1n) is 6.97. The molecule has 5 nitrogen and oxygen atoms in total. The quantitative estimate of drug-likeness (QED) is 0.885. The smallest absolute Gasteiger partial charge is 0.251 e. The summed E-state index contributed by atoms with van der Waals surface area (Å²) in [5.74, 6) is 0.857. The minimum absolute atomic E-state index is 0.111. The van der Waals surface area contributed by atoms with Crippen LogP contribution in [0.1, 0.15) is 41.4 Å². The van der Waals surface area contributed by atoms with Crippen LogP contribution in [0.5, 0.6) is 0 Å². The van der Waals surface area contributed by atoms with E-state index in [4.69, 9.17) is 0 Å². The van der Waals surface area contributed by atoms with Crippen LogP contribution in [-0.2, 0) is 6.54 Å². The Kier molecular flexibility index (Phi) is 4.87. The predicted octanol–water partition coefficient (Wildman–Crippen LogP) is 2.57. The van der Waals surface area contributed by atoms with E-state index in [1.54, 1.807) is 25.5 Å². The largest absolute Gasteiger partial charge is 0.373 e. The first-order valence-corrected chi connectivity index (χ1v) is 6.97. The number of aromatic nitrogens is 2. The number of nitrogens with one attached hydrogen (secondary N) is 2. The van der Waals surface area contributed by atoms with Crippen molar-refractivity contribution >= 4 is 11.7 Å². The molecular formula is C16H20N4O. The van der Waals surface area contributed by atoms with Gasteiger partial charge < -0.3 is 10.6 Å². The molecular weight excluding hydrogens is 264 g/mol. The zero-order valence-corrected chi connectivity index (χ0v) is 12.6. The van der Waals surface area contributed by atoms with Gasteiger partial charge in [0, 0.05) is 37.2 Å². The number of hydrogen-bond acceptors (Lipinski definition) is 4. The van der Waals surface area contributed by atoms with Crippen molar-refractivity contribution < 1.29 is 4.79 Å². The van der Waals surface area contributed by atoms with E-state index in [1.165, 1.54) is 0 Å². The molecule has 0 aliphatic heterocycles. The number of amides is 1. The Balaban J connectivity index is 2.13. The van der Waals surface area contributed by atoms with Crippen molar-refractivity contribution in [1.82, 2.24) is 15.3 Å². The Morgan fingerprint density at radius 3 is 2.76 bits per heavy atom. The summed E-state index contributed by atoms with van der Waals surface area (Å²) in [7, 11) is 1.80. The van der Waals surface area contributed by atoms with Crippen molar-refractivity contribution in [2.75, 3.05) is 12.4 Å². The number of hydrogen-bond donors (Lipinski definition) is 2. The van der Waals surface area contributed by atoms with E-state index in [2.05, 4.69) is 34.4 Å². The number of rotatable bonds is 5. The SMILES string of the molecule is CNc1cc(C(=O)NCc2cccnc2)cc(C(C)C)n1. The Morgan fingerprint density at radius 2 is 2.14 bits per heavy atom. The highest BCUT2D eigenvalue weighted by Crippen LogP contribution is 2.17. The average Bonchev–Trinajstić information content (AvgIpc) is 2.53. The molecule has 2 rings (SSSR count). The van der Waals surface area contributed by atoms with Gasteiger partial charge in [-0.05, 0) is 29.7 Å². The van der Waals surface area contributed by atoms with Crippen LogP contribution in [-0.4, -0.2) is 22.9 Å². The third-order valence-electron chi connectivity index (χ3n) is 3.13. The van der Waals surface area contributed by atoms with Gasteiger partial charge in [-0.15, -0.1) is 0 Å². The van der Waals surface area contributed by atoms with Crippen LogP contribution in [0.2, 0.25) is 0 Å². The highest BCUT2D eigenvalue weighted by atomic mass is 16.1. The van der Waals surface area contributed by atoms with E-state index in [9.17, 15) is 4.79 Å². The van der Waals surface area contributed by atoms with Crippen LogP contribution >= 0.6 is 0 Å². The number of anilines is 1. The number of carbonyl (C=O) groups excluding carboxylic acids is 1. The van der Waals surface area contributed by atoms with E-state index in [0.29, 0.717) is 17.9 Å². The number of carbonyl (C=O) groups is 1. The fourth-order valence-electron chi connectivity index (χ4n) is 1.89. The van der Waals surface area contributed by atoms with Crippen LogP contribution in [0.15, 0.2) is 36.7 Å². The fraction of sp³-hybridized carbons (Fsp3) is 0.312. The maximum Gasteiger partial charge on any atom is 0.251 e. The van der Waals surface area contributed by atoms with Gasteiger partial charge in [-0.25, -0.2) is 4.98 Å². The summed E-state index contributed by atoms with van der Waals surface area (Å²) in [6.45, 7) is 4.57. The third-order valence-corrected chi connectivity index (χ3v) is 3.13. The molecule has 0 aliphatic carbocycles. The van der Waals surface area contributed by atoms with Gasteiger partial charge >= 0.3 is 0 Å². The Hall–Kier alpha value is -2.43. The summed E-state index contributed by atoms with van der Waals surface area (Å²) in [5, 5.41) is 5.89. The molecule has 2 heterocycles. The maximum atomic E-state index is 12.3. The molecule has 0 spiro atoms. The topological polar surface area (TPSA) is 66.9 Å². The molecule has 0 unspecified atom stereocenters. The van der Waals surface area contributed by atoms with Gasteiger partial charge in [0.05, 0.1) is 0 Å². The molecule has 0 saturated carbocycles.